The Bertz CT molecular complexity index is 1030. The number of amides is 2. The number of benzene rings is 2. The van der Waals surface area contributed by atoms with Crippen LogP contribution in [0.5, 0.6) is 0 Å². The molecule has 0 unspecified atom stereocenters. The van der Waals surface area contributed by atoms with Crippen molar-refractivity contribution < 1.29 is 9.18 Å². The van der Waals surface area contributed by atoms with Gasteiger partial charge in [-0.3, -0.25) is 0 Å². The Balaban J connectivity index is 1.74. The Kier molecular flexibility index (Phi) is 6.87. The van der Waals surface area contributed by atoms with Crippen LogP contribution in [-0.4, -0.2) is 22.0 Å². The van der Waals surface area contributed by atoms with Gasteiger partial charge >= 0.3 is 6.03 Å². The first-order chi connectivity index (χ1) is 14.4. The molecule has 1 heterocycles. The number of carbonyl (C=O) groups is 1. The number of nitriles is 1. The number of halogens is 1. The number of aromatic nitrogens is 1. The summed E-state index contributed by atoms with van der Waals surface area (Å²) in [7, 11) is 0. The average Bonchev–Trinajstić information content (AvgIpc) is 3.14. The van der Waals surface area contributed by atoms with Gasteiger partial charge in [-0.1, -0.05) is 26.0 Å². The number of anilines is 1. The molecular weight excluding hydrogens is 379 g/mol. The molecule has 0 bridgehead atoms. The molecule has 0 saturated heterocycles. The van der Waals surface area contributed by atoms with E-state index >= 15 is 0 Å². The standard InChI is InChI=1S/C24H25FN4O/c1-18(2)15-29(24(30)27-22-10-8-19(14-26)9-11-22)17-23-7-4-12-28(23)16-20-5-3-6-21(25)13-20/h3-13,18H,15-17H2,1-2H3,(H,27,30). The molecule has 30 heavy (non-hydrogen) atoms. The van der Waals surface area contributed by atoms with E-state index in [1.807, 2.05) is 29.0 Å². The second-order valence-electron chi connectivity index (χ2n) is 7.65. The zero-order valence-corrected chi connectivity index (χ0v) is 17.2. The van der Waals surface area contributed by atoms with E-state index in [-0.39, 0.29) is 11.8 Å². The second kappa shape index (κ2) is 9.75. The molecule has 0 spiro atoms. The van der Waals surface area contributed by atoms with Crippen molar-refractivity contribution in [3.05, 3.63) is 89.5 Å². The molecule has 3 rings (SSSR count). The minimum absolute atomic E-state index is 0.202. The summed E-state index contributed by atoms with van der Waals surface area (Å²) in [5, 5.41) is 11.8. The third-order valence-corrected chi connectivity index (χ3v) is 4.66. The van der Waals surface area contributed by atoms with Crippen molar-refractivity contribution in [3.63, 3.8) is 0 Å². The third-order valence-electron chi connectivity index (χ3n) is 4.66. The van der Waals surface area contributed by atoms with Crippen LogP contribution in [0.3, 0.4) is 0 Å². The van der Waals surface area contributed by atoms with Gasteiger partial charge in [0.2, 0.25) is 0 Å². The summed E-state index contributed by atoms with van der Waals surface area (Å²) in [5.74, 6) is 0.0350. The Morgan fingerprint density at radius 2 is 1.93 bits per heavy atom. The number of nitrogens with zero attached hydrogens (tertiary/aromatic N) is 3. The molecule has 0 aliphatic carbocycles. The summed E-state index contributed by atoms with van der Waals surface area (Å²) in [4.78, 5) is 14.7. The van der Waals surface area contributed by atoms with Crippen LogP contribution in [0, 0.1) is 23.1 Å². The highest BCUT2D eigenvalue weighted by atomic mass is 19.1. The summed E-state index contributed by atoms with van der Waals surface area (Å²) < 4.78 is 15.5. The van der Waals surface area contributed by atoms with E-state index in [0.29, 0.717) is 36.8 Å². The van der Waals surface area contributed by atoms with Crippen molar-refractivity contribution in [2.75, 3.05) is 11.9 Å². The zero-order chi connectivity index (χ0) is 21.5. The summed E-state index contributed by atoms with van der Waals surface area (Å²) in [6.07, 6.45) is 1.94. The van der Waals surface area contributed by atoms with Gasteiger partial charge in [0.05, 0.1) is 18.2 Å². The lowest BCUT2D eigenvalue weighted by molar-refractivity contribution is 0.200. The number of urea groups is 1. The molecule has 1 aromatic heterocycles. The van der Waals surface area contributed by atoms with E-state index in [1.165, 1.54) is 12.1 Å². The normalized spacial score (nSPS) is 10.6. The summed E-state index contributed by atoms with van der Waals surface area (Å²) in [5.41, 5.74) is 3.02. The van der Waals surface area contributed by atoms with Crippen LogP contribution in [-0.2, 0) is 13.1 Å². The van der Waals surface area contributed by atoms with Gasteiger partial charge in [-0.05, 0) is 60.0 Å². The van der Waals surface area contributed by atoms with E-state index in [4.69, 9.17) is 5.26 Å². The van der Waals surface area contributed by atoms with E-state index in [2.05, 4.69) is 25.2 Å². The minimum atomic E-state index is -0.260. The van der Waals surface area contributed by atoms with Crippen molar-refractivity contribution in [2.24, 2.45) is 5.92 Å². The van der Waals surface area contributed by atoms with Gasteiger partial charge in [0.1, 0.15) is 5.82 Å². The first-order valence-corrected chi connectivity index (χ1v) is 9.89. The molecule has 6 heteroatoms. The molecule has 0 fully saturated rings. The van der Waals surface area contributed by atoms with Crippen LogP contribution in [0.15, 0.2) is 66.9 Å². The van der Waals surface area contributed by atoms with E-state index in [1.54, 1.807) is 35.2 Å². The lowest BCUT2D eigenvalue weighted by Crippen LogP contribution is -2.37. The fraction of sp³-hybridized carbons (Fsp3) is 0.250. The van der Waals surface area contributed by atoms with Crippen LogP contribution in [0.2, 0.25) is 0 Å². The molecule has 2 amide bonds. The molecule has 2 aromatic carbocycles. The first-order valence-electron chi connectivity index (χ1n) is 9.89. The number of nitrogens with one attached hydrogen (secondary N) is 1. The van der Waals surface area contributed by atoms with Crippen molar-refractivity contribution in [2.45, 2.75) is 26.9 Å². The molecule has 0 aliphatic heterocycles. The summed E-state index contributed by atoms with van der Waals surface area (Å²) in [6, 6.07) is 19.1. The lowest BCUT2D eigenvalue weighted by Gasteiger charge is -2.25. The Labute approximate surface area is 176 Å². The third kappa shape index (κ3) is 5.71. The summed E-state index contributed by atoms with van der Waals surface area (Å²) in [6.45, 7) is 5.68. The first kappa shape index (κ1) is 21.1. The maximum Gasteiger partial charge on any atom is 0.322 e. The van der Waals surface area contributed by atoms with Crippen LogP contribution < -0.4 is 5.32 Å². The van der Waals surface area contributed by atoms with E-state index in [9.17, 15) is 9.18 Å². The highest BCUT2D eigenvalue weighted by Crippen LogP contribution is 2.15. The second-order valence-corrected chi connectivity index (χ2v) is 7.65. The highest BCUT2D eigenvalue weighted by molar-refractivity contribution is 5.89. The Morgan fingerprint density at radius 3 is 2.60 bits per heavy atom. The fourth-order valence-electron chi connectivity index (χ4n) is 3.27. The maximum absolute atomic E-state index is 13.5. The van der Waals surface area contributed by atoms with Crippen LogP contribution in [0.25, 0.3) is 0 Å². The molecule has 154 valence electrons. The molecular formula is C24H25FN4O. The minimum Gasteiger partial charge on any atom is -0.345 e. The SMILES string of the molecule is CC(C)CN(Cc1cccn1Cc1cccc(F)c1)C(=O)Nc1ccc(C#N)cc1. The van der Waals surface area contributed by atoms with Gasteiger partial charge in [0.15, 0.2) is 0 Å². The molecule has 0 aliphatic rings. The quantitative estimate of drug-likeness (QED) is 0.586. The number of rotatable bonds is 7. The molecule has 5 nitrogen and oxygen atoms in total. The predicted molar refractivity (Wildman–Crippen MR) is 115 cm³/mol. The van der Waals surface area contributed by atoms with Crippen LogP contribution in [0.4, 0.5) is 14.9 Å². The molecule has 0 radical (unpaired) electrons. The molecule has 0 saturated carbocycles. The Morgan fingerprint density at radius 1 is 1.17 bits per heavy atom. The lowest BCUT2D eigenvalue weighted by atomic mass is 10.2. The van der Waals surface area contributed by atoms with Crippen molar-refractivity contribution in [1.82, 2.24) is 9.47 Å². The predicted octanol–water partition coefficient (Wildman–Crippen LogP) is 5.24. The molecule has 0 atom stereocenters. The van der Waals surface area contributed by atoms with Gasteiger partial charge in [-0.15, -0.1) is 0 Å². The number of hydrogen-bond donors (Lipinski definition) is 1. The monoisotopic (exact) mass is 404 g/mol. The number of hydrogen-bond acceptors (Lipinski definition) is 2. The topological polar surface area (TPSA) is 61.1 Å². The Hall–Kier alpha value is -3.59. The summed E-state index contributed by atoms with van der Waals surface area (Å²) >= 11 is 0. The maximum atomic E-state index is 13.5. The molecule has 3 aromatic rings. The van der Waals surface area contributed by atoms with Crippen LogP contribution in [0.1, 0.15) is 30.7 Å². The fourth-order valence-corrected chi connectivity index (χ4v) is 3.27. The van der Waals surface area contributed by atoms with Crippen LogP contribution >= 0.6 is 0 Å². The van der Waals surface area contributed by atoms with E-state index < -0.39 is 0 Å². The van der Waals surface area contributed by atoms with Crippen molar-refractivity contribution >= 4 is 11.7 Å². The largest absolute Gasteiger partial charge is 0.345 e. The van der Waals surface area contributed by atoms with Gasteiger partial charge in [0.25, 0.3) is 0 Å². The van der Waals surface area contributed by atoms with Gasteiger partial charge < -0.3 is 14.8 Å². The smallest absolute Gasteiger partial charge is 0.322 e. The zero-order valence-electron chi connectivity index (χ0n) is 17.2. The van der Waals surface area contributed by atoms with Crippen molar-refractivity contribution in [1.29, 1.82) is 5.26 Å². The highest BCUT2D eigenvalue weighted by Gasteiger charge is 2.17. The number of carbonyl (C=O) groups excluding carboxylic acids is 1. The van der Waals surface area contributed by atoms with Gasteiger partial charge in [0, 0.05) is 30.7 Å². The van der Waals surface area contributed by atoms with E-state index in [0.717, 1.165) is 11.3 Å². The van der Waals surface area contributed by atoms with Gasteiger partial charge in [-0.25, -0.2) is 9.18 Å². The molecule has 1 N–H and O–H groups in total. The van der Waals surface area contributed by atoms with Crippen molar-refractivity contribution in [3.8, 4) is 6.07 Å². The average molecular weight is 404 g/mol. The van der Waals surface area contributed by atoms with Gasteiger partial charge in [-0.2, -0.15) is 5.26 Å².